The molecule has 0 saturated carbocycles. The lowest BCUT2D eigenvalue weighted by Crippen LogP contribution is -2.50. The number of carbonyl (C=O) groups excluding carboxylic acids is 1. The average molecular weight is 380 g/mol. The van der Waals surface area contributed by atoms with Gasteiger partial charge in [-0.3, -0.25) is 4.90 Å². The predicted octanol–water partition coefficient (Wildman–Crippen LogP) is 5.23. The van der Waals surface area contributed by atoms with E-state index in [0.29, 0.717) is 0 Å². The highest BCUT2D eigenvalue weighted by molar-refractivity contribution is 5.68. The summed E-state index contributed by atoms with van der Waals surface area (Å²) in [6.07, 6.45) is 3.08. The lowest BCUT2D eigenvalue weighted by molar-refractivity contribution is 0.0237. The molecule has 0 aromatic heterocycles. The number of nitrogens with zero attached hydrogens (tertiary/aromatic N) is 2. The van der Waals surface area contributed by atoms with Crippen molar-refractivity contribution in [2.75, 3.05) is 6.67 Å². The molecule has 0 fully saturated rings. The molecule has 5 heteroatoms. The Kier molecular flexibility index (Phi) is 6.58. The highest BCUT2D eigenvalue weighted by Gasteiger charge is 2.33. The van der Waals surface area contributed by atoms with Gasteiger partial charge in [-0.2, -0.15) is 0 Å². The number of aliphatic hydroxyl groups is 1. The first-order valence-corrected chi connectivity index (χ1v) is 9.79. The van der Waals surface area contributed by atoms with Gasteiger partial charge in [-0.15, -0.1) is 0 Å². The summed E-state index contributed by atoms with van der Waals surface area (Å²) in [5.41, 5.74) is 2.03. The molecule has 0 bridgehead atoms. The SMILES string of the molecule is CCC[C@H]1C=C(O)N([C@@H](C)c2ccccc2)CN1C(=O)OCc1ccccc1. The van der Waals surface area contributed by atoms with Crippen LogP contribution >= 0.6 is 0 Å². The molecule has 0 radical (unpaired) electrons. The van der Waals surface area contributed by atoms with Crippen LogP contribution in [0, 0.1) is 0 Å². The molecule has 148 valence electrons. The van der Waals surface area contributed by atoms with E-state index in [4.69, 9.17) is 4.74 Å². The molecule has 0 spiro atoms. The number of aliphatic hydroxyl groups excluding tert-OH is 1. The highest BCUT2D eigenvalue weighted by atomic mass is 16.6. The van der Waals surface area contributed by atoms with Gasteiger partial charge in [-0.05, 0) is 30.5 Å². The van der Waals surface area contributed by atoms with E-state index < -0.39 is 0 Å². The quantitative estimate of drug-likeness (QED) is 0.746. The van der Waals surface area contributed by atoms with Gasteiger partial charge in [0, 0.05) is 0 Å². The van der Waals surface area contributed by atoms with E-state index in [1.54, 1.807) is 11.0 Å². The van der Waals surface area contributed by atoms with E-state index in [9.17, 15) is 9.90 Å². The van der Waals surface area contributed by atoms with Crippen LogP contribution in [0.4, 0.5) is 4.79 Å². The lowest BCUT2D eigenvalue weighted by atomic mass is 10.0. The summed E-state index contributed by atoms with van der Waals surface area (Å²) in [6.45, 7) is 4.61. The third-order valence-corrected chi connectivity index (χ3v) is 5.11. The maximum Gasteiger partial charge on any atom is 0.412 e. The first-order chi connectivity index (χ1) is 13.6. The average Bonchev–Trinajstić information content (AvgIpc) is 2.73. The Hall–Kier alpha value is -2.95. The normalized spacial score (nSPS) is 17.8. The minimum atomic E-state index is -0.365. The summed E-state index contributed by atoms with van der Waals surface area (Å²) >= 11 is 0. The van der Waals surface area contributed by atoms with Crippen molar-refractivity contribution in [2.45, 2.75) is 45.4 Å². The first kappa shape index (κ1) is 19.8. The van der Waals surface area contributed by atoms with Gasteiger partial charge in [0.2, 0.25) is 0 Å². The molecule has 2 aromatic rings. The molecule has 3 rings (SSSR count). The molecule has 28 heavy (non-hydrogen) atoms. The maximum absolute atomic E-state index is 12.8. The van der Waals surface area contributed by atoms with Gasteiger partial charge in [-0.25, -0.2) is 4.79 Å². The fourth-order valence-corrected chi connectivity index (χ4v) is 3.46. The van der Waals surface area contributed by atoms with Gasteiger partial charge < -0.3 is 14.7 Å². The van der Waals surface area contributed by atoms with Crippen LogP contribution in [0.3, 0.4) is 0 Å². The highest BCUT2D eigenvalue weighted by Crippen LogP contribution is 2.29. The molecule has 2 aromatic carbocycles. The van der Waals surface area contributed by atoms with Gasteiger partial charge in [0.05, 0.1) is 12.1 Å². The zero-order valence-electron chi connectivity index (χ0n) is 16.5. The number of carbonyl (C=O) groups is 1. The second-order valence-corrected chi connectivity index (χ2v) is 7.09. The minimum Gasteiger partial charge on any atom is -0.495 e. The van der Waals surface area contributed by atoms with Crippen molar-refractivity contribution < 1.29 is 14.6 Å². The third kappa shape index (κ3) is 4.66. The second-order valence-electron chi connectivity index (χ2n) is 7.09. The summed E-state index contributed by atoms with van der Waals surface area (Å²) in [5.74, 6) is 0.210. The van der Waals surface area contributed by atoms with Crippen molar-refractivity contribution in [3.05, 3.63) is 83.7 Å². The van der Waals surface area contributed by atoms with Crippen LogP contribution in [0.15, 0.2) is 72.6 Å². The Balaban J connectivity index is 1.75. The Morgan fingerprint density at radius 1 is 1.14 bits per heavy atom. The van der Waals surface area contributed by atoms with Crippen molar-refractivity contribution in [1.82, 2.24) is 9.80 Å². The standard InChI is InChI=1S/C23H28N2O3/c1-3-10-21-15-22(26)24(18(2)20-13-8-5-9-14-20)17-25(21)23(27)28-16-19-11-6-4-7-12-19/h4-9,11-15,18,21,26H,3,10,16-17H2,1-2H3/t18-,21-/m0/s1. The first-order valence-electron chi connectivity index (χ1n) is 9.79. The smallest absolute Gasteiger partial charge is 0.412 e. The summed E-state index contributed by atoms with van der Waals surface area (Å²) in [4.78, 5) is 16.4. The van der Waals surface area contributed by atoms with Crippen LogP contribution in [0.2, 0.25) is 0 Å². The van der Waals surface area contributed by atoms with Crippen molar-refractivity contribution in [1.29, 1.82) is 0 Å². The summed E-state index contributed by atoms with van der Waals surface area (Å²) < 4.78 is 5.56. The minimum absolute atomic E-state index is 0.0653. The molecule has 1 heterocycles. The topological polar surface area (TPSA) is 53.0 Å². The number of benzene rings is 2. The second kappa shape index (κ2) is 9.31. The summed E-state index contributed by atoms with van der Waals surface area (Å²) in [7, 11) is 0. The van der Waals surface area contributed by atoms with Crippen LogP contribution in [0.25, 0.3) is 0 Å². The monoisotopic (exact) mass is 380 g/mol. The zero-order valence-corrected chi connectivity index (χ0v) is 16.5. The maximum atomic E-state index is 12.8. The molecule has 5 nitrogen and oxygen atoms in total. The molecular weight excluding hydrogens is 352 g/mol. The molecule has 0 aliphatic carbocycles. The molecule has 1 N–H and O–H groups in total. The van der Waals surface area contributed by atoms with Crippen LogP contribution in [-0.2, 0) is 11.3 Å². The van der Waals surface area contributed by atoms with Crippen LogP contribution in [0.5, 0.6) is 0 Å². The van der Waals surface area contributed by atoms with E-state index in [-0.39, 0.29) is 37.3 Å². The van der Waals surface area contributed by atoms with E-state index >= 15 is 0 Å². The number of ether oxygens (including phenoxy) is 1. The summed E-state index contributed by atoms with van der Waals surface area (Å²) in [5, 5.41) is 10.6. The van der Waals surface area contributed by atoms with Crippen molar-refractivity contribution in [3.63, 3.8) is 0 Å². The van der Waals surface area contributed by atoms with Crippen molar-refractivity contribution in [2.24, 2.45) is 0 Å². The van der Waals surface area contributed by atoms with E-state index in [2.05, 4.69) is 6.92 Å². The van der Waals surface area contributed by atoms with Crippen molar-refractivity contribution >= 4 is 6.09 Å². The third-order valence-electron chi connectivity index (χ3n) is 5.11. The number of amides is 1. The van der Waals surface area contributed by atoms with Gasteiger partial charge in [0.15, 0.2) is 5.88 Å². The molecule has 1 amide bonds. The fourth-order valence-electron chi connectivity index (χ4n) is 3.46. The number of hydrogen-bond acceptors (Lipinski definition) is 4. The largest absolute Gasteiger partial charge is 0.495 e. The molecular formula is C23H28N2O3. The molecule has 1 aliphatic rings. The molecule has 0 saturated heterocycles. The van der Waals surface area contributed by atoms with Crippen LogP contribution < -0.4 is 0 Å². The van der Waals surface area contributed by atoms with E-state index in [1.807, 2.05) is 72.5 Å². The fraction of sp³-hybridized carbons (Fsp3) is 0.348. The van der Waals surface area contributed by atoms with Crippen LogP contribution in [0.1, 0.15) is 43.9 Å². The van der Waals surface area contributed by atoms with Gasteiger partial charge in [0.1, 0.15) is 13.3 Å². The molecule has 0 unspecified atom stereocenters. The molecule has 2 atom stereocenters. The Morgan fingerprint density at radius 2 is 1.79 bits per heavy atom. The van der Waals surface area contributed by atoms with Crippen molar-refractivity contribution in [3.8, 4) is 0 Å². The lowest BCUT2D eigenvalue weighted by Gasteiger charge is -2.41. The molecule has 1 aliphatic heterocycles. The van der Waals surface area contributed by atoms with Gasteiger partial charge in [-0.1, -0.05) is 74.0 Å². The van der Waals surface area contributed by atoms with E-state index in [1.165, 1.54) is 0 Å². The Morgan fingerprint density at radius 3 is 2.43 bits per heavy atom. The van der Waals surface area contributed by atoms with E-state index in [0.717, 1.165) is 24.0 Å². The Bertz CT molecular complexity index is 792. The predicted molar refractivity (Wildman–Crippen MR) is 109 cm³/mol. The van der Waals surface area contributed by atoms with Gasteiger partial charge in [0.25, 0.3) is 0 Å². The number of hydrogen-bond donors (Lipinski definition) is 1. The van der Waals surface area contributed by atoms with Crippen LogP contribution in [-0.4, -0.2) is 33.7 Å². The number of rotatable bonds is 6. The van der Waals surface area contributed by atoms with Gasteiger partial charge >= 0.3 is 6.09 Å². The summed E-state index contributed by atoms with van der Waals surface area (Å²) in [6, 6.07) is 19.4. The Labute approximate surface area is 166 Å². The zero-order chi connectivity index (χ0) is 19.9.